The second kappa shape index (κ2) is 6.78. The number of rotatable bonds is 7. The zero-order chi connectivity index (χ0) is 13.6. The molecule has 102 valence electrons. The first-order valence-corrected chi connectivity index (χ1v) is 6.91. The average molecular weight is 271 g/mol. The normalized spacial score (nSPS) is 11.4. The summed E-state index contributed by atoms with van der Waals surface area (Å²) in [6, 6.07) is 0. The molecule has 0 amide bonds. The standard InChI is InChI=1S/C13H23ClN4/c1-5-7-13(3,4)18-11-10(14)9-16-12(17-11)15-8-6-2/h9H,5-8H2,1-4H3,(H2,15,16,17,18). The Labute approximate surface area is 115 Å². The van der Waals surface area contributed by atoms with Gasteiger partial charge in [0.15, 0.2) is 5.82 Å². The van der Waals surface area contributed by atoms with Crippen LogP contribution in [0.1, 0.15) is 47.0 Å². The van der Waals surface area contributed by atoms with Gasteiger partial charge in [0, 0.05) is 12.1 Å². The Morgan fingerprint density at radius 3 is 2.61 bits per heavy atom. The van der Waals surface area contributed by atoms with Gasteiger partial charge in [-0.2, -0.15) is 4.98 Å². The van der Waals surface area contributed by atoms with Crippen LogP contribution in [0.4, 0.5) is 11.8 Å². The van der Waals surface area contributed by atoms with Crippen molar-refractivity contribution in [2.45, 2.75) is 52.5 Å². The minimum absolute atomic E-state index is 0.0191. The van der Waals surface area contributed by atoms with Crippen molar-refractivity contribution < 1.29 is 0 Å². The SMILES string of the molecule is CCCNc1ncc(Cl)c(NC(C)(C)CCC)n1. The Bertz CT molecular complexity index is 379. The Balaban J connectivity index is 2.80. The van der Waals surface area contributed by atoms with Crippen LogP contribution in [0, 0.1) is 0 Å². The van der Waals surface area contributed by atoms with Crippen LogP contribution in [0.2, 0.25) is 5.02 Å². The molecule has 0 saturated heterocycles. The van der Waals surface area contributed by atoms with E-state index in [0.717, 1.165) is 25.8 Å². The monoisotopic (exact) mass is 270 g/mol. The third kappa shape index (κ3) is 4.69. The quantitative estimate of drug-likeness (QED) is 0.788. The van der Waals surface area contributed by atoms with Gasteiger partial charge in [-0.1, -0.05) is 31.9 Å². The van der Waals surface area contributed by atoms with Crippen molar-refractivity contribution in [1.82, 2.24) is 9.97 Å². The van der Waals surface area contributed by atoms with Crippen molar-refractivity contribution in [3.63, 3.8) is 0 Å². The van der Waals surface area contributed by atoms with Crippen LogP contribution in [-0.2, 0) is 0 Å². The molecule has 1 aromatic rings. The van der Waals surface area contributed by atoms with Gasteiger partial charge >= 0.3 is 0 Å². The lowest BCUT2D eigenvalue weighted by molar-refractivity contribution is 0.509. The molecule has 4 nitrogen and oxygen atoms in total. The van der Waals surface area contributed by atoms with Gasteiger partial charge in [0.25, 0.3) is 0 Å². The summed E-state index contributed by atoms with van der Waals surface area (Å²) < 4.78 is 0. The fourth-order valence-electron chi connectivity index (χ4n) is 1.78. The highest BCUT2D eigenvalue weighted by atomic mass is 35.5. The zero-order valence-electron chi connectivity index (χ0n) is 11.7. The lowest BCUT2D eigenvalue weighted by Crippen LogP contribution is -2.31. The molecule has 0 radical (unpaired) electrons. The minimum atomic E-state index is -0.0191. The summed E-state index contributed by atoms with van der Waals surface area (Å²) in [5.41, 5.74) is -0.0191. The number of anilines is 2. The molecule has 1 rings (SSSR count). The van der Waals surface area contributed by atoms with Crippen LogP contribution in [0.5, 0.6) is 0 Å². The number of hydrogen-bond acceptors (Lipinski definition) is 4. The van der Waals surface area contributed by atoms with Gasteiger partial charge in [0.2, 0.25) is 5.95 Å². The molecule has 0 fully saturated rings. The average Bonchev–Trinajstić information content (AvgIpc) is 2.29. The van der Waals surface area contributed by atoms with E-state index in [4.69, 9.17) is 11.6 Å². The number of halogens is 1. The molecular weight excluding hydrogens is 248 g/mol. The predicted molar refractivity (Wildman–Crippen MR) is 78.4 cm³/mol. The van der Waals surface area contributed by atoms with E-state index in [1.165, 1.54) is 0 Å². The van der Waals surface area contributed by atoms with Crippen LogP contribution in [-0.4, -0.2) is 22.1 Å². The molecule has 0 unspecified atom stereocenters. The van der Waals surface area contributed by atoms with E-state index in [2.05, 4.69) is 48.3 Å². The second-order valence-corrected chi connectivity index (χ2v) is 5.48. The predicted octanol–water partition coefficient (Wildman–Crippen LogP) is 3.94. The zero-order valence-corrected chi connectivity index (χ0v) is 12.4. The Hall–Kier alpha value is -1.03. The third-order valence-corrected chi connectivity index (χ3v) is 2.89. The molecular formula is C13H23ClN4. The summed E-state index contributed by atoms with van der Waals surface area (Å²) in [6.45, 7) is 9.42. The van der Waals surface area contributed by atoms with Crippen molar-refractivity contribution in [3.8, 4) is 0 Å². The summed E-state index contributed by atoms with van der Waals surface area (Å²) in [6.07, 6.45) is 4.85. The molecule has 0 spiro atoms. The summed E-state index contributed by atoms with van der Waals surface area (Å²) in [7, 11) is 0. The first-order valence-electron chi connectivity index (χ1n) is 6.53. The minimum Gasteiger partial charge on any atom is -0.364 e. The van der Waals surface area contributed by atoms with Gasteiger partial charge in [-0.3, -0.25) is 0 Å². The van der Waals surface area contributed by atoms with Gasteiger partial charge in [-0.05, 0) is 26.7 Å². The van der Waals surface area contributed by atoms with E-state index in [1.807, 2.05) is 0 Å². The lowest BCUT2D eigenvalue weighted by atomic mass is 9.99. The van der Waals surface area contributed by atoms with Gasteiger partial charge < -0.3 is 10.6 Å². The van der Waals surface area contributed by atoms with Gasteiger partial charge in [-0.25, -0.2) is 4.98 Å². The van der Waals surface area contributed by atoms with Gasteiger partial charge in [-0.15, -0.1) is 0 Å². The molecule has 2 N–H and O–H groups in total. The highest BCUT2D eigenvalue weighted by molar-refractivity contribution is 6.32. The van der Waals surface area contributed by atoms with E-state index in [0.29, 0.717) is 16.8 Å². The van der Waals surface area contributed by atoms with Crippen molar-refractivity contribution in [1.29, 1.82) is 0 Å². The first-order chi connectivity index (χ1) is 8.48. The number of nitrogens with one attached hydrogen (secondary N) is 2. The maximum Gasteiger partial charge on any atom is 0.224 e. The number of hydrogen-bond donors (Lipinski definition) is 2. The van der Waals surface area contributed by atoms with Crippen molar-refractivity contribution >= 4 is 23.4 Å². The largest absolute Gasteiger partial charge is 0.364 e. The number of aromatic nitrogens is 2. The second-order valence-electron chi connectivity index (χ2n) is 5.08. The Morgan fingerprint density at radius 2 is 2.00 bits per heavy atom. The Kier molecular flexibility index (Phi) is 5.66. The molecule has 1 aromatic heterocycles. The van der Waals surface area contributed by atoms with E-state index in [-0.39, 0.29) is 5.54 Å². The van der Waals surface area contributed by atoms with Crippen LogP contribution in [0.15, 0.2) is 6.20 Å². The van der Waals surface area contributed by atoms with Gasteiger partial charge in [0.05, 0.1) is 6.20 Å². The highest BCUT2D eigenvalue weighted by Crippen LogP contribution is 2.25. The van der Waals surface area contributed by atoms with E-state index in [1.54, 1.807) is 6.20 Å². The molecule has 0 aromatic carbocycles. The molecule has 18 heavy (non-hydrogen) atoms. The van der Waals surface area contributed by atoms with E-state index in [9.17, 15) is 0 Å². The third-order valence-electron chi connectivity index (χ3n) is 2.61. The summed E-state index contributed by atoms with van der Waals surface area (Å²) >= 11 is 6.12. The van der Waals surface area contributed by atoms with Crippen LogP contribution in [0.3, 0.4) is 0 Å². The maximum absolute atomic E-state index is 6.12. The fraction of sp³-hybridized carbons (Fsp3) is 0.692. The Morgan fingerprint density at radius 1 is 1.28 bits per heavy atom. The van der Waals surface area contributed by atoms with E-state index < -0.39 is 0 Å². The summed E-state index contributed by atoms with van der Waals surface area (Å²) in [5, 5.41) is 7.10. The molecule has 0 bridgehead atoms. The van der Waals surface area contributed by atoms with Gasteiger partial charge in [0.1, 0.15) is 5.02 Å². The van der Waals surface area contributed by atoms with Crippen molar-refractivity contribution in [3.05, 3.63) is 11.2 Å². The van der Waals surface area contributed by atoms with Crippen molar-refractivity contribution in [2.75, 3.05) is 17.2 Å². The van der Waals surface area contributed by atoms with Crippen LogP contribution < -0.4 is 10.6 Å². The smallest absolute Gasteiger partial charge is 0.224 e. The first kappa shape index (κ1) is 15.0. The van der Waals surface area contributed by atoms with Crippen LogP contribution >= 0.6 is 11.6 Å². The van der Waals surface area contributed by atoms with Crippen molar-refractivity contribution in [2.24, 2.45) is 0 Å². The molecule has 0 aliphatic carbocycles. The number of nitrogens with zero attached hydrogens (tertiary/aromatic N) is 2. The molecule has 1 heterocycles. The molecule has 5 heteroatoms. The molecule has 0 saturated carbocycles. The lowest BCUT2D eigenvalue weighted by Gasteiger charge is -2.27. The van der Waals surface area contributed by atoms with Crippen LogP contribution in [0.25, 0.3) is 0 Å². The summed E-state index contributed by atoms with van der Waals surface area (Å²) in [4.78, 5) is 8.57. The van der Waals surface area contributed by atoms with E-state index >= 15 is 0 Å². The maximum atomic E-state index is 6.12. The topological polar surface area (TPSA) is 49.8 Å². The molecule has 0 atom stereocenters. The molecule has 0 aliphatic rings. The highest BCUT2D eigenvalue weighted by Gasteiger charge is 2.18. The molecule has 0 aliphatic heterocycles. The summed E-state index contributed by atoms with van der Waals surface area (Å²) in [5.74, 6) is 1.32. The fourth-order valence-corrected chi connectivity index (χ4v) is 1.92.